The van der Waals surface area contributed by atoms with Crippen molar-refractivity contribution in [3.8, 4) is 0 Å². The van der Waals surface area contributed by atoms with Crippen molar-refractivity contribution in [2.45, 2.75) is 52.3 Å². The molecule has 2 atom stereocenters. The molecule has 0 radical (unpaired) electrons. The number of morpholine rings is 1. The van der Waals surface area contributed by atoms with Gasteiger partial charge in [-0.1, -0.05) is 13.3 Å². The van der Waals surface area contributed by atoms with E-state index < -0.39 is 0 Å². The molecule has 2 heterocycles. The van der Waals surface area contributed by atoms with Gasteiger partial charge in [0.15, 0.2) is 5.13 Å². The van der Waals surface area contributed by atoms with Gasteiger partial charge in [-0.25, -0.2) is 4.98 Å². The lowest BCUT2D eigenvalue weighted by molar-refractivity contribution is 0.0343. The smallest absolute Gasteiger partial charge is 0.186 e. The van der Waals surface area contributed by atoms with Crippen LogP contribution in [0.3, 0.4) is 0 Å². The van der Waals surface area contributed by atoms with Crippen LogP contribution < -0.4 is 10.2 Å². The van der Waals surface area contributed by atoms with Crippen LogP contribution in [-0.2, 0) is 17.7 Å². The SMILES string of the molecule is CCCc1nc(N2CC(C)OCC2C)sc1CNC. The molecule has 0 bridgehead atoms. The fraction of sp³-hybridized carbons (Fsp3) is 0.786. The Kier molecular flexibility index (Phi) is 5.19. The molecule has 19 heavy (non-hydrogen) atoms. The molecule has 1 N–H and O–H groups in total. The van der Waals surface area contributed by atoms with E-state index in [4.69, 9.17) is 9.72 Å². The molecule has 2 rings (SSSR count). The van der Waals surface area contributed by atoms with Crippen LogP contribution in [-0.4, -0.2) is 37.3 Å². The van der Waals surface area contributed by atoms with Crippen LogP contribution in [0, 0.1) is 0 Å². The first kappa shape index (κ1) is 14.8. The van der Waals surface area contributed by atoms with Crippen LogP contribution in [0.4, 0.5) is 5.13 Å². The van der Waals surface area contributed by atoms with Crippen molar-refractivity contribution in [2.75, 3.05) is 25.1 Å². The highest BCUT2D eigenvalue weighted by Gasteiger charge is 2.26. The lowest BCUT2D eigenvalue weighted by Gasteiger charge is -2.36. The second kappa shape index (κ2) is 6.68. The number of thiazole rings is 1. The molecule has 0 aromatic carbocycles. The number of aryl methyl sites for hydroxylation is 1. The van der Waals surface area contributed by atoms with E-state index in [0.717, 1.165) is 37.7 Å². The van der Waals surface area contributed by atoms with E-state index in [-0.39, 0.29) is 0 Å². The lowest BCUT2D eigenvalue weighted by atomic mass is 10.2. The number of anilines is 1. The van der Waals surface area contributed by atoms with E-state index in [2.05, 4.69) is 31.0 Å². The molecule has 1 aliphatic heterocycles. The van der Waals surface area contributed by atoms with Crippen LogP contribution >= 0.6 is 11.3 Å². The zero-order valence-electron chi connectivity index (χ0n) is 12.4. The zero-order chi connectivity index (χ0) is 13.8. The normalized spacial score (nSPS) is 23.9. The highest BCUT2D eigenvalue weighted by Crippen LogP contribution is 2.30. The summed E-state index contributed by atoms with van der Waals surface area (Å²) in [5, 5.41) is 4.41. The molecule has 2 unspecified atom stereocenters. The topological polar surface area (TPSA) is 37.4 Å². The minimum Gasteiger partial charge on any atom is -0.375 e. The third-order valence-electron chi connectivity index (χ3n) is 3.44. The Bertz CT molecular complexity index is 384. The van der Waals surface area contributed by atoms with E-state index in [1.165, 1.54) is 10.6 Å². The summed E-state index contributed by atoms with van der Waals surface area (Å²) in [6.45, 7) is 9.21. The molecule has 0 aliphatic carbocycles. The quantitative estimate of drug-likeness (QED) is 0.900. The molecular formula is C14H25N3OS. The van der Waals surface area contributed by atoms with Crippen LogP contribution in [0.1, 0.15) is 37.8 Å². The van der Waals surface area contributed by atoms with Crippen LogP contribution in [0.25, 0.3) is 0 Å². The average Bonchev–Trinajstić information content (AvgIpc) is 2.77. The van der Waals surface area contributed by atoms with Gasteiger partial charge >= 0.3 is 0 Å². The van der Waals surface area contributed by atoms with Crippen LogP contribution in [0.5, 0.6) is 0 Å². The van der Waals surface area contributed by atoms with Gasteiger partial charge in [0.05, 0.1) is 24.4 Å². The Hall–Kier alpha value is -0.650. The van der Waals surface area contributed by atoms with E-state index in [1.807, 2.05) is 18.4 Å². The highest BCUT2D eigenvalue weighted by molar-refractivity contribution is 7.15. The predicted molar refractivity (Wildman–Crippen MR) is 81.1 cm³/mol. The molecule has 1 fully saturated rings. The number of nitrogens with one attached hydrogen (secondary N) is 1. The standard InChI is InChI=1S/C14H25N3OS/c1-5-6-12-13(7-15-4)19-14(16-12)17-8-11(3)18-9-10(17)2/h10-11,15H,5-9H2,1-4H3. The first-order valence-electron chi connectivity index (χ1n) is 7.17. The lowest BCUT2D eigenvalue weighted by Crippen LogP contribution is -2.47. The fourth-order valence-corrected chi connectivity index (χ4v) is 3.62. The summed E-state index contributed by atoms with van der Waals surface area (Å²) in [4.78, 5) is 8.66. The molecule has 1 aliphatic rings. The van der Waals surface area contributed by atoms with Crippen molar-refractivity contribution in [2.24, 2.45) is 0 Å². The Labute approximate surface area is 120 Å². The Balaban J connectivity index is 2.20. The van der Waals surface area contributed by atoms with Crippen LogP contribution in [0.15, 0.2) is 0 Å². The maximum atomic E-state index is 5.70. The fourth-order valence-electron chi connectivity index (χ4n) is 2.39. The molecule has 108 valence electrons. The van der Waals surface area contributed by atoms with Gasteiger partial charge in [-0.2, -0.15) is 0 Å². The summed E-state index contributed by atoms with van der Waals surface area (Å²) >= 11 is 1.83. The molecule has 5 heteroatoms. The largest absolute Gasteiger partial charge is 0.375 e. The van der Waals surface area contributed by atoms with Crippen molar-refractivity contribution in [1.82, 2.24) is 10.3 Å². The molecule has 1 aromatic heterocycles. The van der Waals surface area contributed by atoms with E-state index in [9.17, 15) is 0 Å². The first-order chi connectivity index (χ1) is 9.15. The average molecular weight is 283 g/mol. The highest BCUT2D eigenvalue weighted by atomic mass is 32.1. The van der Waals surface area contributed by atoms with Gasteiger partial charge in [0.25, 0.3) is 0 Å². The van der Waals surface area contributed by atoms with E-state index in [1.54, 1.807) is 0 Å². The number of rotatable bonds is 5. The summed E-state index contributed by atoms with van der Waals surface area (Å²) in [6, 6.07) is 0.416. The molecular weight excluding hydrogens is 258 g/mol. The van der Waals surface area contributed by atoms with Crippen LogP contribution in [0.2, 0.25) is 0 Å². The first-order valence-corrected chi connectivity index (χ1v) is 7.98. The summed E-state index contributed by atoms with van der Waals surface area (Å²) in [5.74, 6) is 0. The van der Waals surface area contributed by atoms with Crippen molar-refractivity contribution in [3.05, 3.63) is 10.6 Å². The Morgan fingerprint density at radius 3 is 2.95 bits per heavy atom. The van der Waals surface area contributed by atoms with Gasteiger partial charge in [-0.3, -0.25) is 0 Å². The molecule has 0 spiro atoms. The second-order valence-electron chi connectivity index (χ2n) is 5.29. The van der Waals surface area contributed by atoms with Gasteiger partial charge < -0.3 is 15.0 Å². The molecule has 1 aromatic rings. The summed E-state index contributed by atoms with van der Waals surface area (Å²) in [6.07, 6.45) is 2.51. The third-order valence-corrected chi connectivity index (χ3v) is 4.58. The number of nitrogens with zero attached hydrogens (tertiary/aromatic N) is 2. The van der Waals surface area contributed by atoms with Gasteiger partial charge in [0.1, 0.15) is 0 Å². The Morgan fingerprint density at radius 2 is 2.26 bits per heavy atom. The van der Waals surface area contributed by atoms with Gasteiger partial charge in [0.2, 0.25) is 0 Å². The molecule has 0 amide bonds. The maximum Gasteiger partial charge on any atom is 0.186 e. The van der Waals surface area contributed by atoms with Crippen molar-refractivity contribution < 1.29 is 4.74 Å². The Morgan fingerprint density at radius 1 is 1.47 bits per heavy atom. The zero-order valence-corrected chi connectivity index (χ0v) is 13.2. The van der Waals surface area contributed by atoms with E-state index in [0.29, 0.717) is 12.1 Å². The summed E-state index contributed by atoms with van der Waals surface area (Å²) in [5.41, 5.74) is 1.27. The number of aromatic nitrogens is 1. The van der Waals surface area contributed by atoms with Crippen molar-refractivity contribution in [1.29, 1.82) is 0 Å². The molecule has 4 nitrogen and oxygen atoms in total. The predicted octanol–water partition coefficient (Wildman–Crippen LogP) is 2.43. The summed E-state index contributed by atoms with van der Waals surface area (Å²) < 4.78 is 5.70. The van der Waals surface area contributed by atoms with Gasteiger partial charge in [0, 0.05) is 18.0 Å². The van der Waals surface area contributed by atoms with E-state index >= 15 is 0 Å². The van der Waals surface area contributed by atoms with Crippen molar-refractivity contribution >= 4 is 16.5 Å². The third kappa shape index (κ3) is 3.46. The van der Waals surface area contributed by atoms with Gasteiger partial charge in [-0.15, -0.1) is 11.3 Å². The number of hydrogen-bond donors (Lipinski definition) is 1. The van der Waals surface area contributed by atoms with Crippen molar-refractivity contribution in [3.63, 3.8) is 0 Å². The minimum atomic E-state index is 0.294. The summed E-state index contributed by atoms with van der Waals surface area (Å²) in [7, 11) is 1.99. The second-order valence-corrected chi connectivity index (χ2v) is 6.35. The molecule has 0 saturated carbocycles. The monoisotopic (exact) mass is 283 g/mol. The number of ether oxygens (including phenoxy) is 1. The maximum absolute atomic E-state index is 5.70. The number of hydrogen-bond acceptors (Lipinski definition) is 5. The molecule has 1 saturated heterocycles. The minimum absolute atomic E-state index is 0.294. The van der Waals surface area contributed by atoms with Gasteiger partial charge in [-0.05, 0) is 27.3 Å².